The highest BCUT2D eigenvalue weighted by atomic mass is 16.3. The van der Waals surface area contributed by atoms with Crippen LogP contribution in [0.25, 0.3) is 87.8 Å². The molecule has 10 aromatic carbocycles. The third-order valence-corrected chi connectivity index (χ3v) is 14.1. The smallest absolute Gasteiger partial charge is 0.143 e. The first-order valence-corrected chi connectivity index (χ1v) is 24.0. The van der Waals surface area contributed by atoms with Gasteiger partial charge in [-0.15, -0.1) is 0 Å². The lowest BCUT2D eigenvalue weighted by molar-refractivity contribution is 0.667. The van der Waals surface area contributed by atoms with Crippen LogP contribution in [0.1, 0.15) is 72.9 Å². The Bertz CT molecular complexity index is 3810. The number of furan rings is 1. The molecule has 2 nitrogen and oxygen atoms in total. The average molecular weight is 876 g/mol. The van der Waals surface area contributed by atoms with Gasteiger partial charge in [-0.1, -0.05) is 184 Å². The Kier molecular flexibility index (Phi) is 11.2. The summed E-state index contributed by atoms with van der Waals surface area (Å²) in [7, 11) is 0. The Labute approximate surface area is 399 Å². The van der Waals surface area contributed by atoms with E-state index in [0.717, 1.165) is 85.2 Å². The fraction of sp³-hybridized carbons (Fsp3) is 0.106. The number of rotatable bonds is 11. The number of hydrogen-bond donors (Lipinski definition) is 0. The highest BCUT2D eigenvalue weighted by molar-refractivity contribution is 6.11. The molecule has 0 bridgehead atoms. The molecular formula is C66H53NO. The molecule has 11 rings (SSSR count). The van der Waals surface area contributed by atoms with E-state index >= 15 is 0 Å². The van der Waals surface area contributed by atoms with Crippen LogP contribution in [0.5, 0.6) is 0 Å². The predicted molar refractivity (Wildman–Crippen MR) is 292 cm³/mol. The topological polar surface area (TPSA) is 25.5 Å². The Morgan fingerprint density at radius 2 is 1.19 bits per heavy atom. The zero-order valence-electron chi connectivity index (χ0n) is 39.2. The first-order valence-electron chi connectivity index (χ1n) is 24.0. The van der Waals surface area contributed by atoms with Crippen LogP contribution in [-0.4, -0.2) is 5.71 Å². The summed E-state index contributed by atoms with van der Waals surface area (Å²) in [6.45, 7) is 13.9. The quantitative estimate of drug-likeness (QED) is 0.0939. The Balaban J connectivity index is 1.14. The van der Waals surface area contributed by atoms with Crippen molar-refractivity contribution in [2.45, 2.75) is 46.5 Å². The molecule has 2 heteroatoms. The summed E-state index contributed by atoms with van der Waals surface area (Å²) in [5.41, 5.74) is 17.3. The van der Waals surface area contributed by atoms with Crippen LogP contribution >= 0.6 is 0 Å². The van der Waals surface area contributed by atoms with E-state index in [9.17, 15) is 0 Å². The van der Waals surface area contributed by atoms with E-state index in [2.05, 4.69) is 234 Å². The van der Waals surface area contributed by atoms with Gasteiger partial charge in [0.05, 0.1) is 5.70 Å². The largest absolute Gasteiger partial charge is 0.455 e. The number of nitrogens with zero attached hydrogens (tertiary/aromatic N) is 1. The molecule has 0 fully saturated rings. The molecule has 0 saturated heterocycles. The van der Waals surface area contributed by atoms with Crippen molar-refractivity contribution in [3.8, 4) is 22.3 Å². The third-order valence-electron chi connectivity index (χ3n) is 14.1. The maximum atomic E-state index is 6.90. The first kappa shape index (κ1) is 42.6. The molecule has 0 amide bonds. The third kappa shape index (κ3) is 7.72. The second kappa shape index (κ2) is 18.0. The van der Waals surface area contributed by atoms with Gasteiger partial charge in [0.25, 0.3) is 0 Å². The van der Waals surface area contributed by atoms with Gasteiger partial charge in [0.15, 0.2) is 0 Å². The van der Waals surface area contributed by atoms with E-state index in [4.69, 9.17) is 16.0 Å². The van der Waals surface area contributed by atoms with E-state index in [-0.39, 0.29) is 5.92 Å². The molecule has 1 aromatic heterocycles. The molecule has 0 saturated carbocycles. The van der Waals surface area contributed by atoms with E-state index in [1.54, 1.807) is 0 Å². The number of para-hydroxylation sites is 1. The van der Waals surface area contributed by atoms with Crippen molar-refractivity contribution in [1.29, 1.82) is 0 Å². The standard InChI is InChI=1S/C66H53NO/c1-6-55(59-38-50-25-13-14-26-51(50)39-60(59)64-42(3)32-33-47-23-15-16-29-56(47)64)54-40-58(66-61(41-54)57-30-17-18-31-63(57)68-66)43(4)44(5)65(53-28-19-27-49(37-53)45-20-9-8-10-21-45)67-62(7-2)52-35-34-46-22-11-12-24-48(46)36-52/h8-41,55H,4,6-7H2,1-3,5H3/b65-44-,67-62+. The van der Waals surface area contributed by atoms with Gasteiger partial charge in [-0.25, -0.2) is 0 Å². The van der Waals surface area contributed by atoms with E-state index in [0.29, 0.717) is 0 Å². The summed E-state index contributed by atoms with van der Waals surface area (Å²) in [4.78, 5) is 5.68. The van der Waals surface area contributed by atoms with Crippen LogP contribution in [0, 0.1) is 6.92 Å². The monoisotopic (exact) mass is 875 g/mol. The minimum absolute atomic E-state index is 0.0570. The molecule has 68 heavy (non-hydrogen) atoms. The fourth-order valence-corrected chi connectivity index (χ4v) is 10.4. The molecule has 1 unspecified atom stereocenters. The number of benzene rings is 10. The molecular weight excluding hydrogens is 823 g/mol. The number of allylic oxidation sites excluding steroid dienone is 2. The van der Waals surface area contributed by atoms with Crippen LogP contribution < -0.4 is 0 Å². The van der Waals surface area contributed by atoms with Crippen LogP contribution in [0.2, 0.25) is 0 Å². The molecule has 0 spiro atoms. The normalized spacial score (nSPS) is 12.9. The van der Waals surface area contributed by atoms with Gasteiger partial charge in [-0.05, 0) is 157 Å². The summed E-state index contributed by atoms with van der Waals surface area (Å²) in [5, 5.41) is 9.58. The molecule has 0 aliphatic carbocycles. The summed E-state index contributed by atoms with van der Waals surface area (Å²) < 4.78 is 6.90. The number of aliphatic imine (C=N–C) groups is 1. The van der Waals surface area contributed by atoms with Crippen molar-refractivity contribution in [3.05, 3.63) is 252 Å². The van der Waals surface area contributed by atoms with Crippen molar-refractivity contribution >= 4 is 71.2 Å². The second-order valence-electron chi connectivity index (χ2n) is 18.1. The number of hydrogen-bond acceptors (Lipinski definition) is 2. The van der Waals surface area contributed by atoms with Crippen LogP contribution in [0.4, 0.5) is 0 Å². The van der Waals surface area contributed by atoms with Gasteiger partial charge in [0.1, 0.15) is 11.2 Å². The van der Waals surface area contributed by atoms with Crippen LogP contribution in [0.3, 0.4) is 0 Å². The van der Waals surface area contributed by atoms with Crippen molar-refractivity contribution in [2.75, 3.05) is 0 Å². The van der Waals surface area contributed by atoms with Crippen molar-refractivity contribution in [3.63, 3.8) is 0 Å². The maximum absolute atomic E-state index is 6.90. The highest BCUT2D eigenvalue weighted by Gasteiger charge is 2.25. The number of aryl methyl sites for hydroxylation is 1. The lowest BCUT2D eigenvalue weighted by atomic mass is 9.79. The molecule has 328 valence electrons. The molecule has 11 aromatic rings. The van der Waals surface area contributed by atoms with E-state index in [1.165, 1.54) is 60.1 Å². The zero-order chi connectivity index (χ0) is 46.3. The molecule has 0 aliphatic rings. The van der Waals surface area contributed by atoms with Gasteiger partial charge in [0, 0.05) is 33.5 Å². The molecule has 1 atom stereocenters. The summed E-state index contributed by atoms with van der Waals surface area (Å²) in [5.74, 6) is 0.0570. The molecule has 0 radical (unpaired) electrons. The lowest BCUT2D eigenvalue weighted by Crippen LogP contribution is -2.05. The van der Waals surface area contributed by atoms with Gasteiger partial charge >= 0.3 is 0 Å². The predicted octanol–water partition coefficient (Wildman–Crippen LogP) is 18.6. The summed E-state index contributed by atoms with van der Waals surface area (Å²) >= 11 is 0. The molecule has 1 heterocycles. The zero-order valence-corrected chi connectivity index (χ0v) is 39.2. The summed E-state index contributed by atoms with van der Waals surface area (Å²) in [6.07, 6.45) is 1.65. The fourth-order valence-electron chi connectivity index (χ4n) is 10.4. The van der Waals surface area contributed by atoms with E-state index < -0.39 is 0 Å². The first-order chi connectivity index (χ1) is 33.4. The SMILES string of the molecule is C=C(/C(C)=C(\N=C(/CC)c1ccc2ccccc2c1)c1cccc(-c2ccccc2)c1)c1cc(C(CC)c2cc3ccccc3cc2-c2c(C)ccc3ccccc23)cc2c1oc1ccccc12. The molecule has 0 N–H and O–H groups in total. The van der Waals surface area contributed by atoms with E-state index in [1.807, 2.05) is 0 Å². The Morgan fingerprint density at radius 3 is 1.96 bits per heavy atom. The summed E-state index contributed by atoms with van der Waals surface area (Å²) in [6, 6.07) is 74.8. The van der Waals surface area contributed by atoms with Crippen molar-refractivity contribution < 1.29 is 4.42 Å². The second-order valence-corrected chi connectivity index (χ2v) is 18.1. The van der Waals surface area contributed by atoms with Crippen molar-refractivity contribution in [2.24, 2.45) is 4.99 Å². The molecule has 0 aliphatic heterocycles. The minimum Gasteiger partial charge on any atom is -0.455 e. The number of fused-ring (bicyclic) bond motifs is 6. The van der Waals surface area contributed by atoms with Gasteiger partial charge in [0.2, 0.25) is 0 Å². The van der Waals surface area contributed by atoms with Gasteiger partial charge in [-0.3, -0.25) is 4.99 Å². The Morgan fingerprint density at radius 1 is 0.544 bits per heavy atom. The Hall–Kier alpha value is -8.07. The van der Waals surface area contributed by atoms with Gasteiger partial charge < -0.3 is 4.42 Å². The lowest BCUT2D eigenvalue weighted by Gasteiger charge is -2.24. The minimum atomic E-state index is 0.0570. The van der Waals surface area contributed by atoms with Crippen molar-refractivity contribution in [1.82, 2.24) is 0 Å². The maximum Gasteiger partial charge on any atom is 0.143 e. The average Bonchev–Trinajstić information content (AvgIpc) is 3.77. The van der Waals surface area contributed by atoms with Crippen LogP contribution in [0.15, 0.2) is 228 Å². The highest BCUT2D eigenvalue weighted by Crippen LogP contribution is 2.46. The van der Waals surface area contributed by atoms with Crippen LogP contribution in [-0.2, 0) is 0 Å². The van der Waals surface area contributed by atoms with Gasteiger partial charge in [-0.2, -0.15) is 0 Å².